The number of nitrogens with zero attached hydrogens (tertiary/aromatic N) is 2. The Labute approximate surface area is 221 Å². The summed E-state index contributed by atoms with van der Waals surface area (Å²) in [7, 11) is 2.13. The number of rotatable bonds is 7. The number of aryl methyl sites for hydroxylation is 1. The van der Waals surface area contributed by atoms with Crippen LogP contribution in [0.4, 0.5) is 11.4 Å². The number of amides is 2. The minimum atomic E-state index is -0.828. The van der Waals surface area contributed by atoms with Gasteiger partial charge in [-0.05, 0) is 66.6 Å². The minimum absolute atomic E-state index is 0.0785. The molecule has 3 aromatic carbocycles. The predicted molar refractivity (Wildman–Crippen MR) is 148 cm³/mol. The summed E-state index contributed by atoms with van der Waals surface area (Å²) in [4.78, 5) is 40.8. The molecule has 0 saturated carbocycles. The van der Waals surface area contributed by atoms with E-state index >= 15 is 0 Å². The van der Waals surface area contributed by atoms with Crippen molar-refractivity contribution in [1.29, 1.82) is 0 Å². The van der Waals surface area contributed by atoms with Crippen LogP contribution in [0.3, 0.4) is 0 Å². The third kappa shape index (κ3) is 5.60. The highest BCUT2D eigenvalue weighted by molar-refractivity contribution is 6.31. The molecule has 38 heavy (non-hydrogen) atoms. The molecule has 2 heterocycles. The minimum Gasteiger partial charge on any atom is -0.481 e. The van der Waals surface area contributed by atoms with Gasteiger partial charge >= 0.3 is 5.97 Å². The lowest BCUT2D eigenvalue weighted by Gasteiger charge is -2.34. The zero-order valence-corrected chi connectivity index (χ0v) is 21.2. The lowest BCUT2D eigenvalue weighted by Crippen LogP contribution is -2.44. The van der Waals surface area contributed by atoms with Gasteiger partial charge in [0, 0.05) is 61.3 Å². The number of likely N-dealkylation sites (N-methyl/N-ethyl adjacent to an activating group) is 1. The van der Waals surface area contributed by atoms with E-state index in [0.717, 1.165) is 48.6 Å². The highest BCUT2D eigenvalue weighted by atomic mass is 16.4. The van der Waals surface area contributed by atoms with Crippen LogP contribution in [0.5, 0.6) is 0 Å². The Morgan fingerprint density at radius 3 is 2.26 bits per heavy atom. The second kappa shape index (κ2) is 10.9. The van der Waals surface area contributed by atoms with Crippen LogP contribution in [0.25, 0.3) is 16.7 Å². The van der Waals surface area contributed by atoms with E-state index in [1.54, 1.807) is 12.3 Å². The molecule has 0 radical (unpaired) electrons. The molecule has 194 valence electrons. The molecule has 8 nitrogen and oxygen atoms in total. The summed E-state index contributed by atoms with van der Waals surface area (Å²) < 4.78 is 0. The van der Waals surface area contributed by atoms with Crippen molar-refractivity contribution in [3.05, 3.63) is 89.6 Å². The topological polar surface area (TPSA) is 102 Å². The quantitative estimate of drug-likeness (QED) is 0.328. The highest BCUT2D eigenvalue weighted by Gasteiger charge is 2.27. The van der Waals surface area contributed by atoms with Crippen molar-refractivity contribution in [3.8, 4) is 11.1 Å². The first-order chi connectivity index (χ1) is 18.4. The van der Waals surface area contributed by atoms with Crippen molar-refractivity contribution in [2.75, 3.05) is 43.4 Å². The number of hydrogen-bond acceptors (Lipinski definition) is 6. The average Bonchev–Trinajstić information content (AvgIpc) is 2.92. The van der Waals surface area contributed by atoms with Gasteiger partial charge in [0.1, 0.15) is 0 Å². The van der Waals surface area contributed by atoms with Gasteiger partial charge < -0.3 is 20.2 Å². The Bertz CT molecular complexity index is 1390. The number of fused-ring (bicyclic) bond motifs is 1. The number of piperazine rings is 1. The number of imide groups is 1. The number of aliphatic carboxylic acids is 1. The molecule has 0 atom stereocenters. The van der Waals surface area contributed by atoms with E-state index in [1.807, 2.05) is 48.5 Å². The first kappa shape index (κ1) is 25.2. The number of nitrogens with one attached hydrogen (secondary N) is 2. The number of carboxylic acid groups (broad SMARTS) is 1. The summed E-state index contributed by atoms with van der Waals surface area (Å²) in [6, 6.07) is 21.2. The fourth-order valence-electron chi connectivity index (χ4n) is 4.75. The van der Waals surface area contributed by atoms with Gasteiger partial charge in [0.25, 0.3) is 11.8 Å². The molecular weight excluding hydrogens is 480 g/mol. The van der Waals surface area contributed by atoms with Crippen molar-refractivity contribution >= 4 is 34.7 Å². The summed E-state index contributed by atoms with van der Waals surface area (Å²) in [5.41, 5.74) is 6.10. The van der Waals surface area contributed by atoms with Crippen LogP contribution in [0.1, 0.15) is 27.9 Å². The Kier molecular flexibility index (Phi) is 7.24. The molecule has 2 amide bonds. The van der Waals surface area contributed by atoms with Crippen molar-refractivity contribution in [2.45, 2.75) is 12.8 Å². The first-order valence-corrected chi connectivity index (χ1v) is 12.7. The standard InChI is InChI=1S/C30H30N4O4/c1-33-14-16-34(17-15-33)24-10-8-23(9-11-24)31-19-27-26-18-22(7-12-25(26)29(37)32-30(27)38)21-5-2-20(3-6-21)4-13-28(35)36/h2-3,5-12,18-19,31H,4,13-17H2,1H3,(H,35,36)(H,32,37,38)/b27-19-. The highest BCUT2D eigenvalue weighted by Crippen LogP contribution is 2.30. The zero-order valence-electron chi connectivity index (χ0n) is 21.2. The monoisotopic (exact) mass is 510 g/mol. The largest absolute Gasteiger partial charge is 0.481 e. The number of hydrogen-bond donors (Lipinski definition) is 3. The maximum Gasteiger partial charge on any atom is 0.303 e. The van der Waals surface area contributed by atoms with Crippen molar-refractivity contribution in [1.82, 2.24) is 10.2 Å². The summed E-state index contributed by atoms with van der Waals surface area (Å²) in [5, 5.41) is 14.5. The molecule has 2 aliphatic heterocycles. The van der Waals surface area contributed by atoms with Gasteiger partial charge in [-0.15, -0.1) is 0 Å². The van der Waals surface area contributed by atoms with E-state index in [2.05, 4.69) is 39.6 Å². The van der Waals surface area contributed by atoms with E-state index in [0.29, 0.717) is 23.1 Å². The number of benzene rings is 3. The average molecular weight is 511 g/mol. The summed E-state index contributed by atoms with van der Waals surface area (Å²) in [5.74, 6) is -1.70. The molecular formula is C30H30N4O4. The number of carbonyl (C=O) groups is 3. The van der Waals surface area contributed by atoms with Gasteiger partial charge in [0.15, 0.2) is 0 Å². The van der Waals surface area contributed by atoms with Crippen LogP contribution >= 0.6 is 0 Å². The Morgan fingerprint density at radius 2 is 1.58 bits per heavy atom. The van der Waals surface area contributed by atoms with E-state index in [9.17, 15) is 14.4 Å². The lowest BCUT2D eigenvalue weighted by atomic mass is 9.91. The smallest absolute Gasteiger partial charge is 0.303 e. The van der Waals surface area contributed by atoms with Gasteiger partial charge in [-0.2, -0.15) is 0 Å². The molecule has 0 aromatic heterocycles. The third-order valence-corrected chi connectivity index (χ3v) is 7.06. The Hall–Kier alpha value is -4.43. The fraction of sp³-hybridized carbons (Fsp3) is 0.233. The van der Waals surface area contributed by atoms with Crippen molar-refractivity contribution in [2.24, 2.45) is 0 Å². The molecule has 1 saturated heterocycles. The maximum absolute atomic E-state index is 12.8. The van der Waals surface area contributed by atoms with Crippen LogP contribution in [0.2, 0.25) is 0 Å². The molecule has 8 heteroatoms. The van der Waals surface area contributed by atoms with Crippen LogP contribution in [-0.2, 0) is 16.0 Å². The second-order valence-corrected chi connectivity index (χ2v) is 9.67. The van der Waals surface area contributed by atoms with E-state index in [4.69, 9.17) is 5.11 Å². The molecule has 0 spiro atoms. The molecule has 0 bridgehead atoms. The molecule has 0 unspecified atom stereocenters. The number of anilines is 2. The van der Waals surface area contributed by atoms with E-state index < -0.39 is 17.8 Å². The molecule has 3 N–H and O–H groups in total. The fourth-order valence-corrected chi connectivity index (χ4v) is 4.75. The molecule has 2 aliphatic rings. The molecule has 5 rings (SSSR count). The van der Waals surface area contributed by atoms with Gasteiger partial charge in [0.05, 0.1) is 5.57 Å². The number of carboxylic acids is 1. The van der Waals surface area contributed by atoms with Gasteiger partial charge in [-0.3, -0.25) is 19.7 Å². The Morgan fingerprint density at radius 1 is 0.895 bits per heavy atom. The first-order valence-electron chi connectivity index (χ1n) is 12.7. The lowest BCUT2D eigenvalue weighted by molar-refractivity contribution is -0.137. The SMILES string of the molecule is CN1CCN(c2ccc(N/C=C3\C(=O)NC(=O)c4ccc(-c5ccc(CCC(=O)O)cc5)cc43)cc2)CC1. The van der Waals surface area contributed by atoms with E-state index in [1.165, 1.54) is 5.69 Å². The predicted octanol–water partition coefficient (Wildman–Crippen LogP) is 3.85. The third-order valence-electron chi connectivity index (χ3n) is 7.06. The van der Waals surface area contributed by atoms with E-state index in [-0.39, 0.29) is 6.42 Å². The van der Waals surface area contributed by atoms with Crippen molar-refractivity contribution < 1.29 is 19.5 Å². The number of carbonyl (C=O) groups excluding carboxylic acids is 2. The zero-order chi connectivity index (χ0) is 26.6. The summed E-state index contributed by atoms with van der Waals surface area (Å²) in [6.45, 7) is 4.06. The normalized spacial score (nSPS) is 16.8. The van der Waals surface area contributed by atoms with Crippen molar-refractivity contribution in [3.63, 3.8) is 0 Å². The maximum atomic E-state index is 12.8. The summed E-state index contributed by atoms with van der Waals surface area (Å²) >= 11 is 0. The van der Waals surface area contributed by atoms with Gasteiger partial charge in [-0.25, -0.2) is 0 Å². The second-order valence-electron chi connectivity index (χ2n) is 9.67. The van der Waals surface area contributed by atoms with Gasteiger partial charge in [0.2, 0.25) is 0 Å². The van der Waals surface area contributed by atoms with Crippen LogP contribution < -0.4 is 15.5 Å². The summed E-state index contributed by atoms with van der Waals surface area (Å²) in [6.07, 6.45) is 2.18. The molecule has 0 aliphatic carbocycles. The molecule has 1 fully saturated rings. The van der Waals surface area contributed by atoms with Crippen LogP contribution in [0.15, 0.2) is 72.9 Å². The van der Waals surface area contributed by atoms with Gasteiger partial charge in [-0.1, -0.05) is 30.3 Å². The Balaban J connectivity index is 1.36. The van der Waals surface area contributed by atoms with Crippen LogP contribution in [0, 0.1) is 0 Å². The molecule has 3 aromatic rings. The van der Waals surface area contributed by atoms with Crippen LogP contribution in [-0.4, -0.2) is 61.0 Å².